The van der Waals surface area contributed by atoms with Gasteiger partial charge in [0.1, 0.15) is 10.8 Å². The predicted octanol–water partition coefficient (Wildman–Crippen LogP) is 2.51. The van der Waals surface area contributed by atoms with Crippen LogP contribution in [-0.2, 0) is 0 Å². The maximum absolute atomic E-state index is 12.0. The van der Waals surface area contributed by atoms with E-state index in [0.717, 1.165) is 6.07 Å². The molecule has 0 saturated carbocycles. The molecule has 1 heterocycles. The Balaban J connectivity index is 2.44. The third kappa shape index (κ3) is 2.05. The molecule has 0 radical (unpaired) electrons. The van der Waals surface area contributed by atoms with E-state index in [1.54, 1.807) is 12.1 Å². The zero-order valence-electron chi connectivity index (χ0n) is 8.88. The Hall–Kier alpha value is -2.34. The number of hydrogen-bond acceptors (Lipinski definition) is 4. The van der Waals surface area contributed by atoms with Crippen molar-refractivity contribution in [2.75, 3.05) is 0 Å². The number of halogens is 1. The number of nitro groups is 1. The van der Waals surface area contributed by atoms with E-state index < -0.39 is 16.5 Å². The van der Waals surface area contributed by atoms with Gasteiger partial charge in [-0.15, -0.1) is 0 Å². The first-order valence-corrected chi connectivity index (χ1v) is 5.24. The number of carbonyl (C=O) groups is 1. The third-order valence-electron chi connectivity index (χ3n) is 2.33. The lowest BCUT2D eigenvalue weighted by molar-refractivity contribution is -0.389. The van der Waals surface area contributed by atoms with E-state index >= 15 is 0 Å². The van der Waals surface area contributed by atoms with Gasteiger partial charge in [0.05, 0.1) is 5.56 Å². The second kappa shape index (κ2) is 4.50. The lowest BCUT2D eigenvalue weighted by atomic mass is 10.1. The number of carbonyl (C=O) groups excluding carboxylic acids is 1. The molecular formula is C11H7ClN2O4. The highest BCUT2D eigenvalue weighted by Gasteiger charge is 2.23. The molecule has 0 atom stereocenters. The summed E-state index contributed by atoms with van der Waals surface area (Å²) in [5, 5.41) is 20.0. The second-order valence-electron chi connectivity index (χ2n) is 3.48. The molecule has 0 aliphatic rings. The zero-order chi connectivity index (χ0) is 13.3. The van der Waals surface area contributed by atoms with Gasteiger partial charge in [-0.25, -0.2) is 4.98 Å². The van der Waals surface area contributed by atoms with Crippen LogP contribution >= 0.6 is 11.6 Å². The first-order valence-electron chi connectivity index (χ1n) is 4.86. The summed E-state index contributed by atoms with van der Waals surface area (Å²) in [5.41, 5.74) is -0.00138. The number of aromatic amines is 1. The summed E-state index contributed by atoms with van der Waals surface area (Å²) >= 11 is 5.62. The highest BCUT2D eigenvalue weighted by atomic mass is 35.5. The molecule has 2 rings (SSSR count). The smallest absolute Gasteiger partial charge is 0.340 e. The van der Waals surface area contributed by atoms with Gasteiger partial charge in [-0.2, -0.15) is 0 Å². The number of phenolic OH excluding ortho intramolecular Hbond substituents is 1. The Labute approximate surface area is 106 Å². The van der Waals surface area contributed by atoms with Gasteiger partial charge in [0, 0.05) is 6.07 Å². The van der Waals surface area contributed by atoms with E-state index in [2.05, 4.69) is 4.98 Å². The average molecular weight is 267 g/mol. The Kier molecular flexibility index (Phi) is 3.03. The number of H-pyrrole nitrogens is 1. The van der Waals surface area contributed by atoms with Gasteiger partial charge in [-0.05, 0) is 17.1 Å². The van der Waals surface area contributed by atoms with Gasteiger partial charge in [0.2, 0.25) is 5.78 Å². The van der Waals surface area contributed by atoms with E-state index in [4.69, 9.17) is 11.6 Å². The summed E-state index contributed by atoms with van der Waals surface area (Å²) in [5.74, 6) is -1.21. The van der Waals surface area contributed by atoms with Crippen LogP contribution in [0, 0.1) is 10.1 Å². The number of aromatic nitrogens is 1. The van der Waals surface area contributed by atoms with Gasteiger partial charge in [0.15, 0.2) is 5.69 Å². The van der Waals surface area contributed by atoms with Crippen LogP contribution in [0.5, 0.6) is 5.75 Å². The molecule has 0 aliphatic heterocycles. The van der Waals surface area contributed by atoms with Crippen molar-refractivity contribution >= 4 is 23.2 Å². The summed E-state index contributed by atoms with van der Waals surface area (Å²) in [4.78, 5) is 24.2. The Morgan fingerprint density at radius 3 is 2.61 bits per heavy atom. The highest BCUT2D eigenvalue weighted by molar-refractivity contribution is 6.33. The van der Waals surface area contributed by atoms with Gasteiger partial charge in [-0.1, -0.05) is 23.7 Å². The van der Waals surface area contributed by atoms with Crippen LogP contribution in [0.3, 0.4) is 0 Å². The molecule has 0 unspecified atom stereocenters. The molecule has 0 bridgehead atoms. The van der Waals surface area contributed by atoms with Crippen LogP contribution < -0.4 is 0 Å². The normalized spacial score (nSPS) is 10.3. The van der Waals surface area contributed by atoms with Crippen molar-refractivity contribution in [3.63, 3.8) is 0 Å². The van der Waals surface area contributed by atoms with Gasteiger partial charge in [0.25, 0.3) is 0 Å². The quantitative estimate of drug-likeness (QED) is 0.507. The van der Waals surface area contributed by atoms with E-state index in [0.29, 0.717) is 0 Å². The van der Waals surface area contributed by atoms with Crippen LogP contribution in [-0.4, -0.2) is 20.8 Å². The van der Waals surface area contributed by atoms with Gasteiger partial charge < -0.3 is 15.2 Å². The van der Waals surface area contributed by atoms with Crippen molar-refractivity contribution in [2.24, 2.45) is 0 Å². The molecule has 0 amide bonds. The standard InChI is InChI=1S/C11H7ClN2O4/c12-7-5-8(13-11(7)14(17)18)10(16)6-3-1-2-4-9(6)15/h1-5,13,15H. The zero-order valence-corrected chi connectivity index (χ0v) is 9.64. The number of hydrogen-bond donors (Lipinski definition) is 2. The number of nitrogens with zero attached hydrogens (tertiary/aromatic N) is 1. The lowest BCUT2D eigenvalue weighted by Crippen LogP contribution is -2.02. The molecule has 7 heteroatoms. The number of ketones is 1. The SMILES string of the molecule is O=C(c1cc(Cl)c([N+](=O)[O-])[nH]1)c1ccccc1O. The molecule has 0 saturated heterocycles. The number of nitrogens with one attached hydrogen (secondary N) is 1. The first kappa shape index (κ1) is 12.1. The van der Waals surface area contributed by atoms with Crippen LogP contribution in [0.25, 0.3) is 0 Å². The van der Waals surface area contributed by atoms with Gasteiger partial charge >= 0.3 is 5.82 Å². The second-order valence-corrected chi connectivity index (χ2v) is 3.89. The minimum atomic E-state index is -0.718. The largest absolute Gasteiger partial charge is 0.507 e. The molecule has 92 valence electrons. The number of benzene rings is 1. The first-order chi connectivity index (χ1) is 8.50. The molecule has 1 aromatic carbocycles. The maximum atomic E-state index is 12.0. The summed E-state index contributed by atoms with van der Waals surface area (Å²) in [6.45, 7) is 0. The molecule has 0 aliphatic carbocycles. The van der Waals surface area contributed by atoms with Gasteiger partial charge in [-0.3, -0.25) is 4.79 Å². The fraction of sp³-hybridized carbons (Fsp3) is 0. The van der Waals surface area contributed by atoms with Crippen LogP contribution in [0.2, 0.25) is 5.02 Å². The fourth-order valence-corrected chi connectivity index (χ4v) is 1.71. The van der Waals surface area contributed by atoms with Crippen LogP contribution in [0.1, 0.15) is 16.1 Å². The minimum absolute atomic E-state index is 0.0466. The third-order valence-corrected chi connectivity index (χ3v) is 2.61. The monoisotopic (exact) mass is 266 g/mol. The van der Waals surface area contributed by atoms with Crippen molar-refractivity contribution in [1.82, 2.24) is 4.98 Å². The van der Waals surface area contributed by atoms with Crippen molar-refractivity contribution in [3.8, 4) is 5.75 Å². The molecule has 18 heavy (non-hydrogen) atoms. The molecule has 1 aromatic heterocycles. The summed E-state index contributed by atoms with van der Waals surface area (Å²) in [6.07, 6.45) is 0. The Bertz CT molecular complexity index is 636. The number of phenols is 1. The highest BCUT2D eigenvalue weighted by Crippen LogP contribution is 2.27. The number of para-hydroxylation sites is 1. The predicted molar refractivity (Wildman–Crippen MR) is 64.0 cm³/mol. The summed E-state index contributed by atoms with van der Waals surface area (Å²) < 4.78 is 0. The lowest BCUT2D eigenvalue weighted by Gasteiger charge is -1.99. The Morgan fingerprint density at radius 2 is 2.06 bits per heavy atom. The van der Waals surface area contributed by atoms with E-state index in [1.807, 2.05) is 0 Å². The van der Waals surface area contributed by atoms with Crippen molar-refractivity contribution in [3.05, 3.63) is 56.7 Å². The van der Waals surface area contributed by atoms with Crippen molar-refractivity contribution in [1.29, 1.82) is 0 Å². The topological polar surface area (TPSA) is 96.2 Å². The van der Waals surface area contributed by atoms with E-state index in [-0.39, 0.29) is 22.0 Å². The molecule has 0 fully saturated rings. The Morgan fingerprint density at radius 1 is 1.39 bits per heavy atom. The molecule has 0 spiro atoms. The fourth-order valence-electron chi connectivity index (χ4n) is 1.48. The van der Waals surface area contributed by atoms with Crippen LogP contribution in [0.4, 0.5) is 5.82 Å². The maximum Gasteiger partial charge on any atom is 0.340 e. The van der Waals surface area contributed by atoms with Crippen molar-refractivity contribution in [2.45, 2.75) is 0 Å². The number of rotatable bonds is 3. The van der Waals surface area contributed by atoms with E-state index in [1.165, 1.54) is 12.1 Å². The molecule has 2 aromatic rings. The van der Waals surface area contributed by atoms with Crippen molar-refractivity contribution < 1.29 is 14.8 Å². The summed E-state index contributed by atoms with van der Waals surface area (Å²) in [7, 11) is 0. The van der Waals surface area contributed by atoms with E-state index in [9.17, 15) is 20.0 Å². The number of aromatic hydroxyl groups is 1. The molecule has 2 N–H and O–H groups in total. The van der Waals surface area contributed by atoms with Crippen LogP contribution in [0.15, 0.2) is 30.3 Å². The molecular weight excluding hydrogens is 260 g/mol. The molecule has 6 nitrogen and oxygen atoms in total. The average Bonchev–Trinajstić information content (AvgIpc) is 2.71. The minimum Gasteiger partial charge on any atom is -0.507 e. The summed E-state index contributed by atoms with van der Waals surface area (Å²) in [6, 6.07) is 7.07.